The van der Waals surface area contributed by atoms with Crippen LogP contribution in [0.1, 0.15) is 101 Å². The van der Waals surface area contributed by atoms with E-state index in [1.165, 1.54) is 14.0 Å². The Labute approximate surface area is 393 Å². The Morgan fingerprint density at radius 1 is 1.02 bits per heavy atom. The number of ketones is 2. The van der Waals surface area contributed by atoms with Crippen LogP contribution in [0.5, 0.6) is 0 Å². The molecule has 0 unspecified atom stereocenters. The third-order valence-corrected chi connectivity index (χ3v) is 19.5. The highest BCUT2D eigenvalue weighted by Gasteiger charge is 2.64. The lowest BCUT2D eigenvalue weighted by Crippen LogP contribution is -2.63. The average Bonchev–Trinajstić information content (AvgIpc) is 3.86. The Kier molecular flexibility index (Phi) is 17.3. The molecular formula is C49H79N5O11Si. The minimum Gasteiger partial charge on any atom is -0.457 e. The zero-order chi connectivity index (χ0) is 49.1. The van der Waals surface area contributed by atoms with E-state index >= 15 is 4.79 Å². The molecule has 370 valence electrons. The SMILES string of the molecule is CC[C@H]1OC(=O)[C@H](C)C(=O)[C@H](C)[C@@H](O[C@@H]2O[C@H](C)C[C@H](N(C)C)[C@H]2O)[C@](C)(OC)C[C@@H](C)C(=O)[C@H](C)[C@H]2N(CCCCn3cnc(-c4cccnc4)c3)C(=O)O[C@]12CO[Si](C)(C)C(C)(C)C. The molecule has 3 fully saturated rings. The van der Waals surface area contributed by atoms with Crippen molar-refractivity contribution in [2.24, 2.45) is 23.7 Å². The van der Waals surface area contributed by atoms with E-state index in [1.807, 2.05) is 69.6 Å². The summed E-state index contributed by atoms with van der Waals surface area (Å²) in [5.74, 6) is -5.27. The Hall–Kier alpha value is -3.58. The van der Waals surface area contributed by atoms with Gasteiger partial charge in [0.25, 0.3) is 0 Å². The smallest absolute Gasteiger partial charge is 0.411 e. The lowest BCUT2D eigenvalue weighted by atomic mass is 9.73. The molecule has 0 radical (unpaired) electrons. The molecule has 5 heterocycles. The van der Waals surface area contributed by atoms with Crippen molar-refractivity contribution in [2.75, 3.05) is 34.4 Å². The van der Waals surface area contributed by atoms with E-state index in [1.54, 1.807) is 37.5 Å². The van der Waals surface area contributed by atoms with Gasteiger partial charge in [-0.3, -0.25) is 19.4 Å². The number of rotatable bonds is 14. The van der Waals surface area contributed by atoms with Gasteiger partial charge in [0.2, 0.25) is 0 Å². The number of cyclic esters (lactones) is 1. The molecule has 16 nitrogen and oxygen atoms in total. The van der Waals surface area contributed by atoms with Crippen LogP contribution >= 0.6 is 0 Å². The first-order valence-corrected chi connectivity index (χ1v) is 26.8. The maximum absolute atomic E-state index is 15.2. The van der Waals surface area contributed by atoms with Gasteiger partial charge in [0.05, 0.1) is 42.5 Å². The number of aliphatic hydroxyl groups excluding tert-OH is 1. The summed E-state index contributed by atoms with van der Waals surface area (Å²) in [6.45, 7) is 23.6. The summed E-state index contributed by atoms with van der Waals surface area (Å²) < 4.78 is 41.1. The molecule has 3 aliphatic heterocycles. The number of fused-ring (bicyclic) bond motifs is 1. The van der Waals surface area contributed by atoms with E-state index in [0.717, 1.165) is 11.3 Å². The Morgan fingerprint density at radius 2 is 1.70 bits per heavy atom. The van der Waals surface area contributed by atoms with Crippen molar-refractivity contribution in [1.82, 2.24) is 24.3 Å². The van der Waals surface area contributed by atoms with Crippen molar-refractivity contribution in [2.45, 2.75) is 180 Å². The monoisotopic (exact) mass is 942 g/mol. The number of imidazole rings is 1. The minimum absolute atomic E-state index is 0.0986. The minimum atomic E-state index is -2.55. The molecule has 2 aromatic heterocycles. The van der Waals surface area contributed by atoms with Crippen molar-refractivity contribution in [1.29, 1.82) is 0 Å². The highest BCUT2D eigenvalue weighted by atomic mass is 28.4. The number of hydrogen-bond donors (Lipinski definition) is 1. The number of likely N-dealkylation sites (N-methyl/N-ethyl adjacent to an activating group) is 1. The molecule has 1 amide bonds. The molecule has 0 aliphatic carbocycles. The summed E-state index contributed by atoms with van der Waals surface area (Å²) >= 11 is 0. The summed E-state index contributed by atoms with van der Waals surface area (Å²) in [6, 6.07) is 2.60. The van der Waals surface area contributed by atoms with Crippen LogP contribution in [-0.4, -0.2) is 150 Å². The number of aryl methyl sites for hydroxylation is 1. The number of amides is 1. The summed E-state index contributed by atoms with van der Waals surface area (Å²) in [7, 11) is 2.70. The van der Waals surface area contributed by atoms with E-state index in [9.17, 15) is 19.5 Å². The van der Waals surface area contributed by atoms with Gasteiger partial charge >= 0.3 is 12.1 Å². The summed E-state index contributed by atoms with van der Waals surface area (Å²) in [6.07, 6.45) is 4.04. The summed E-state index contributed by atoms with van der Waals surface area (Å²) in [5.41, 5.74) is -1.21. The number of hydrogen-bond acceptors (Lipinski definition) is 14. The van der Waals surface area contributed by atoms with Crippen LogP contribution < -0.4 is 0 Å². The number of ether oxygens (including phenoxy) is 5. The van der Waals surface area contributed by atoms with Crippen LogP contribution in [-0.2, 0) is 49.0 Å². The Morgan fingerprint density at radius 3 is 2.30 bits per heavy atom. The molecule has 0 aromatic carbocycles. The molecule has 0 spiro atoms. The van der Waals surface area contributed by atoms with Gasteiger partial charge in [0.1, 0.15) is 23.9 Å². The lowest BCUT2D eigenvalue weighted by Gasteiger charge is -2.47. The maximum atomic E-state index is 15.2. The van der Waals surface area contributed by atoms with E-state index < -0.39 is 91.7 Å². The fourth-order valence-electron chi connectivity index (χ4n) is 9.93. The van der Waals surface area contributed by atoms with Gasteiger partial charge in [-0.15, -0.1) is 0 Å². The highest BCUT2D eigenvalue weighted by molar-refractivity contribution is 6.74. The highest BCUT2D eigenvalue weighted by Crippen LogP contribution is 2.46. The summed E-state index contributed by atoms with van der Waals surface area (Å²) in [4.78, 5) is 71.2. The van der Waals surface area contributed by atoms with Gasteiger partial charge in [-0.1, -0.05) is 48.5 Å². The van der Waals surface area contributed by atoms with Crippen molar-refractivity contribution in [3.63, 3.8) is 0 Å². The second-order valence-corrected chi connectivity index (χ2v) is 26.0. The molecular weight excluding hydrogens is 863 g/mol. The first-order chi connectivity index (χ1) is 30.8. The standard InChI is InChI=1S/C49H79N5O11Si/c1-16-38-49(28-61-66(14,15)47(7,8)9)42(54(46(59)65-49)23-18-17-22-53-27-36(51-29-53)35-20-19-21-50-26-35)32(4)39(55)30(2)25-48(10,60-13)43(33(5)40(56)34(6)44(58)63-38)64-45-41(57)37(52(11)12)24-31(3)62-45/h19-21,26-27,29-34,37-38,41-43,45,57H,16-18,22-25,28H2,1-15H3/t30-,31-,32+,33+,34-,37+,38-,41-,42-,43-,45+,48-,49-/m1/s1. The van der Waals surface area contributed by atoms with Gasteiger partial charge in [-0.2, -0.15) is 0 Å². The molecule has 1 N–H and O–H groups in total. The van der Waals surface area contributed by atoms with Gasteiger partial charge < -0.3 is 47.6 Å². The zero-order valence-electron chi connectivity index (χ0n) is 42.2. The quantitative estimate of drug-likeness (QED) is 0.0891. The van der Waals surface area contributed by atoms with Crippen molar-refractivity contribution in [3.8, 4) is 11.3 Å². The Bertz CT molecular complexity index is 1980. The Balaban J connectivity index is 1.55. The van der Waals surface area contributed by atoms with Gasteiger partial charge in [0.15, 0.2) is 26.0 Å². The van der Waals surface area contributed by atoms with Crippen LogP contribution in [0.25, 0.3) is 11.3 Å². The second kappa shape index (κ2) is 21.4. The number of nitrogens with zero attached hydrogens (tertiary/aromatic N) is 5. The molecule has 66 heavy (non-hydrogen) atoms. The average molecular weight is 942 g/mol. The number of methoxy groups -OCH3 is 1. The predicted octanol–water partition coefficient (Wildman–Crippen LogP) is 6.93. The number of pyridine rings is 1. The number of Topliss-reactive ketones (excluding diaryl/α,β-unsaturated/α-hetero) is 2. The first kappa shape index (κ1) is 53.4. The fourth-order valence-corrected chi connectivity index (χ4v) is 10.9. The van der Waals surface area contributed by atoms with Crippen LogP contribution in [0.3, 0.4) is 0 Å². The van der Waals surface area contributed by atoms with Gasteiger partial charge in [0, 0.05) is 68.1 Å². The maximum Gasteiger partial charge on any atom is 0.411 e. The molecule has 3 aliphatic rings. The molecule has 13 atom stereocenters. The molecule has 3 saturated heterocycles. The van der Waals surface area contributed by atoms with E-state index in [4.69, 9.17) is 28.1 Å². The number of aliphatic hydroxyl groups is 1. The number of carbonyl (C=O) groups excluding carboxylic acids is 4. The molecule has 17 heteroatoms. The summed E-state index contributed by atoms with van der Waals surface area (Å²) in [5, 5.41) is 11.3. The number of esters is 1. The van der Waals surface area contributed by atoms with E-state index in [2.05, 4.69) is 43.8 Å². The van der Waals surface area contributed by atoms with E-state index in [0.29, 0.717) is 25.8 Å². The molecule has 0 bridgehead atoms. The van der Waals surface area contributed by atoms with E-state index in [-0.39, 0.29) is 49.0 Å². The van der Waals surface area contributed by atoms with Crippen LogP contribution in [0.2, 0.25) is 18.1 Å². The second-order valence-electron chi connectivity index (χ2n) is 21.1. The third kappa shape index (κ3) is 11.3. The molecule has 5 rings (SSSR count). The van der Waals surface area contributed by atoms with Crippen molar-refractivity contribution in [3.05, 3.63) is 37.1 Å². The van der Waals surface area contributed by atoms with Crippen LogP contribution in [0.15, 0.2) is 37.1 Å². The van der Waals surface area contributed by atoms with Crippen molar-refractivity contribution < 1.29 is 52.4 Å². The normalized spacial score (nSPS) is 34.3. The van der Waals surface area contributed by atoms with Crippen molar-refractivity contribution >= 4 is 31.9 Å². The predicted molar refractivity (Wildman–Crippen MR) is 252 cm³/mol. The van der Waals surface area contributed by atoms with Gasteiger partial charge in [-0.05, 0) is 97.2 Å². The molecule has 2 aromatic rings. The topological polar surface area (TPSA) is 181 Å². The molecule has 0 saturated carbocycles. The number of unbranched alkanes of at least 4 members (excludes halogenated alkanes) is 1. The zero-order valence-corrected chi connectivity index (χ0v) is 43.2. The van der Waals surface area contributed by atoms with Crippen LogP contribution in [0, 0.1) is 23.7 Å². The lowest BCUT2D eigenvalue weighted by molar-refractivity contribution is -0.295. The largest absolute Gasteiger partial charge is 0.457 e. The first-order valence-electron chi connectivity index (χ1n) is 23.9. The number of aromatic nitrogens is 3. The third-order valence-electron chi connectivity index (χ3n) is 15.1. The fraction of sp³-hybridized carbons (Fsp3) is 0.755. The van der Waals surface area contributed by atoms with Crippen LogP contribution in [0.4, 0.5) is 4.79 Å². The van der Waals surface area contributed by atoms with Gasteiger partial charge in [-0.25, -0.2) is 9.78 Å². The number of carbonyl (C=O) groups is 4.